The number of hydrogen-bond acceptors (Lipinski definition) is 4. The summed E-state index contributed by atoms with van der Waals surface area (Å²) >= 11 is 3.32. The molecule has 0 bridgehead atoms. The molecule has 1 rings (SSSR count). The topological polar surface area (TPSA) is 119 Å². The number of carbonyl (C=O) groups is 3. The molecule has 0 spiro atoms. The van der Waals surface area contributed by atoms with E-state index in [0.29, 0.717) is 6.54 Å². The number of hydrogen-bond donors (Lipinski definition) is 3. The lowest BCUT2D eigenvalue weighted by Gasteiger charge is -2.19. The van der Waals surface area contributed by atoms with E-state index in [1.165, 1.54) is 4.90 Å². The Bertz CT molecular complexity index is 504. The molecule has 0 aliphatic carbocycles. The Morgan fingerprint density at radius 1 is 1.10 bits per heavy atom. The summed E-state index contributed by atoms with van der Waals surface area (Å²) in [6.45, 7) is 0.104. The van der Waals surface area contributed by atoms with Crippen LogP contribution in [0.2, 0.25) is 0 Å². The van der Waals surface area contributed by atoms with Gasteiger partial charge in [0.1, 0.15) is 0 Å². The predicted octanol–water partition coefficient (Wildman–Crippen LogP) is -0.0687. The van der Waals surface area contributed by atoms with Gasteiger partial charge >= 0.3 is 6.03 Å². The van der Waals surface area contributed by atoms with Crippen LogP contribution in [0.3, 0.4) is 0 Å². The minimum Gasteiger partial charge on any atom is -0.369 e. The van der Waals surface area contributed by atoms with Crippen LogP contribution >= 0.6 is 15.9 Å². The number of carbonyl (C=O) groups excluding carboxylic acids is 3. The number of benzene rings is 1. The van der Waals surface area contributed by atoms with Gasteiger partial charge in [-0.1, -0.05) is 28.1 Å². The highest BCUT2D eigenvalue weighted by molar-refractivity contribution is 9.10. The number of halogens is 1. The Hall–Kier alpha value is -1.93. The molecule has 5 N–H and O–H groups in total. The number of rotatable bonds is 6. The van der Waals surface area contributed by atoms with Gasteiger partial charge in [-0.2, -0.15) is 0 Å². The second-order valence-electron chi connectivity index (χ2n) is 4.15. The third kappa shape index (κ3) is 6.30. The van der Waals surface area contributed by atoms with Crippen molar-refractivity contribution in [3.8, 4) is 0 Å². The van der Waals surface area contributed by atoms with Crippen LogP contribution in [0.15, 0.2) is 28.7 Å². The summed E-state index contributed by atoms with van der Waals surface area (Å²) in [5.41, 5.74) is 10.9. The van der Waals surface area contributed by atoms with Gasteiger partial charge in [0.25, 0.3) is 0 Å². The molecule has 20 heavy (non-hydrogen) atoms. The van der Waals surface area contributed by atoms with Gasteiger partial charge in [0.15, 0.2) is 0 Å². The van der Waals surface area contributed by atoms with Gasteiger partial charge in [-0.3, -0.25) is 19.8 Å². The van der Waals surface area contributed by atoms with Crippen LogP contribution in [0.5, 0.6) is 0 Å². The molecule has 1 aromatic carbocycles. The number of primary amides is 2. The molecular formula is C12H15BrN4O3. The molecule has 108 valence electrons. The zero-order valence-corrected chi connectivity index (χ0v) is 12.2. The lowest BCUT2D eigenvalue weighted by Crippen LogP contribution is -2.44. The highest BCUT2D eigenvalue weighted by Gasteiger charge is 2.14. The van der Waals surface area contributed by atoms with E-state index in [0.717, 1.165) is 10.0 Å². The van der Waals surface area contributed by atoms with Crippen molar-refractivity contribution in [3.63, 3.8) is 0 Å². The zero-order chi connectivity index (χ0) is 15.1. The lowest BCUT2D eigenvalue weighted by molar-refractivity contribution is -0.123. The summed E-state index contributed by atoms with van der Waals surface area (Å²) in [6.07, 6.45) is 0. The van der Waals surface area contributed by atoms with Crippen molar-refractivity contribution in [2.45, 2.75) is 6.54 Å². The summed E-state index contributed by atoms with van der Waals surface area (Å²) in [5, 5.41) is 1.94. The standard InChI is InChI=1S/C12H15BrN4O3/c13-9-3-1-8(2-4-9)5-17(6-10(14)18)7-11(19)16-12(15)20/h1-4H,5-7H2,(H2,14,18)(H3,15,16,19,20). The largest absolute Gasteiger partial charge is 0.369 e. The molecule has 0 aliphatic heterocycles. The molecular weight excluding hydrogens is 328 g/mol. The van der Waals surface area contributed by atoms with Crippen molar-refractivity contribution in [1.29, 1.82) is 0 Å². The molecule has 1 aromatic rings. The molecule has 0 heterocycles. The molecule has 0 fully saturated rings. The van der Waals surface area contributed by atoms with E-state index in [1.54, 1.807) is 0 Å². The number of amides is 4. The number of nitrogens with one attached hydrogen (secondary N) is 1. The van der Waals surface area contributed by atoms with E-state index < -0.39 is 17.8 Å². The first kappa shape index (κ1) is 16.1. The quantitative estimate of drug-likeness (QED) is 0.670. The fraction of sp³-hybridized carbons (Fsp3) is 0.250. The molecule has 7 nitrogen and oxygen atoms in total. The SMILES string of the molecule is NC(=O)CN(CC(=O)NC(N)=O)Cc1ccc(Br)cc1. The molecule has 0 radical (unpaired) electrons. The second-order valence-corrected chi connectivity index (χ2v) is 5.07. The monoisotopic (exact) mass is 342 g/mol. The van der Waals surface area contributed by atoms with E-state index in [-0.39, 0.29) is 13.1 Å². The number of nitrogens with zero attached hydrogens (tertiary/aromatic N) is 1. The van der Waals surface area contributed by atoms with Gasteiger partial charge in [-0.05, 0) is 17.7 Å². The van der Waals surface area contributed by atoms with Crippen LogP contribution in [0, 0.1) is 0 Å². The van der Waals surface area contributed by atoms with E-state index in [2.05, 4.69) is 15.9 Å². The molecule has 0 aliphatic rings. The molecule has 8 heteroatoms. The Labute approximate surface area is 124 Å². The van der Waals surface area contributed by atoms with Crippen molar-refractivity contribution >= 4 is 33.8 Å². The van der Waals surface area contributed by atoms with Crippen molar-refractivity contribution < 1.29 is 14.4 Å². The van der Waals surface area contributed by atoms with E-state index in [9.17, 15) is 14.4 Å². The van der Waals surface area contributed by atoms with Crippen molar-refractivity contribution in [3.05, 3.63) is 34.3 Å². The van der Waals surface area contributed by atoms with E-state index in [1.807, 2.05) is 29.6 Å². The molecule has 0 saturated carbocycles. The van der Waals surface area contributed by atoms with Gasteiger partial charge in [0, 0.05) is 11.0 Å². The maximum Gasteiger partial charge on any atom is 0.318 e. The molecule has 0 atom stereocenters. The maximum atomic E-state index is 11.5. The van der Waals surface area contributed by atoms with Crippen LogP contribution in [0.25, 0.3) is 0 Å². The molecule has 0 unspecified atom stereocenters. The van der Waals surface area contributed by atoms with Crippen LogP contribution in [0.1, 0.15) is 5.56 Å². The molecule has 0 aromatic heterocycles. The summed E-state index contributed by atoms with van der Waals surface area (Å²) in [6, 6.07) is 6.47. The van der Waals surface area contributed by atoms with Crippen LogP contribution in [0.4, 0.5) is 4.79 Å². The fourth-order valence-electron chi connectivity index (χ4n) is 1.62. The smallest absolute Gasteiger partial charge is 0.318 e. The summed E-state index contributed by atoms with van der Waals surface area (Å²) in [5.74, 6) is -1.15. The third-order valence-electron chi connectivity index (χ3n) is 2.33. The normalized spacial score (nSPS) is 10.3. The summed E-state index contributed by atoms with van der Waals surface area (Å²) in [7, 11) is 0. The maximum absolute atomic E-state index is 11.5. The molecule has 0 saturated heterocycles. The highest BCUT2D eigenvalue weighted by Crippen LogP contribution is 2.12. The Balaban J connectivity index is 2.68. The van der Waals surface area contributed by atoms with Crippen molar-refractivity contribution in [2.24, 2.45) is 11.5 Å². The average Bonchev–Trinajstić information content (AvgIpc) is 2.30. The van der Waals surface area contributed by atoms with Crippen molar-refractivity contribution in [2.75, 3.05) is 13.1 Å². The minimum absolute atomic E-state index is 0.0950. The third-order valence-corrected chi connectivity index (χ3v) is 2.86. The van der Waals surface area contributed by atoms with Crippen LogP contribution in [-0.4, -0.2) is 35.8 Å². The Morgan fingerprint density at radius 2 is 1.70 bits per heavy atom. The van der Waals surface area contributed by atoms with Gasteiger partial charge in [0.2, 0.25) is 11.8 Å². The minimum atomic E-state index is -0.933. The fourth-order valence-corrected chi connectivity index (χ4v) is 1.88. The number of nitrogens with two attached hydrogens (primary N) is 2. The van der Waals surface area contributed by atoms with Gasteiger partial charge in [0.05, 0.1) is 13.1 Å². The number of urea groups is 1. The van der Waals surface area contributed by atoms with Gasteiger partial charge < -0.3 is 11.5 Å². The highest BCUT2D eigenvalue weighted by atomic mass is 79.9. The van der Waals surface area contributed by atoms with Crippen molar-refractivity contribution in [1.82, 2.24) is 10.2 Å². The average molecular weight is 343 g/mol. The first-order chi connectivity index (χ1) is 9.36. The molecule has 4 amide bonds. The predicted molar refractivity (Wildman–Crippen MR) is 76.3 cm³/mol. The van der Waals surface area contributed by atoms with Crippen LogP contribution in [-0.2, 0) is 16.1 Å². The first-order valence-corrected chi connectivity index (χ1v) is 6.50. The van der Waals surface area contributed by atoms with Gasteiger partial charge in [-0.25, -0.2) is 4.79 Å². The zero-order valence-electron chi connectivity index (χ0n) is 10.6. The Kier molecular flexibility index (Phi) is 6.13. The lowest BCUT2D eigenvalue weighted by atomic mass is 10.2. The van der Waals surface area contributed by atoms with E-state index >= 15 is 0 Å². The van der Waals surface area contributed by atoms with Gasteiger partial charge in [-0.15, -0.1) is 0 Å². The Morgan fingerprint density at radius 3 is 2.20 bits per heavy atom. The van der Waals surface area contributed by atoms with Crippen LogP contribution < -0.4 is 16.8 Å². The van der Waals surface area contributed by atoms with E-state index in [4.69, 9.17) is 11.5 Å². The summed E-state index contributed by atoms with van der Waals surface area (Å²) in [4.78, 5) is 34.6. The summed E-state index contributed by atoms with van der Waals surface area (Å²) < 4.78 is 0.925. The first-order valence-electron chi connectivity index (χ1n) is 5.71. The second kappa shape index (κ2) is 7.61. The number of imide groups is 1.